The van der Waals surface area contributed by atoms with Crippen LogP contribution >= 0.6 is 15.9 Å². The van der Waals surface area contributed by atoms with Crippen LogP contribution in [0.1, 0.15) is 5.69 Å². The van der Waals surface area contributed by atoms with Gasteiger partial charge in [-0.15, -0.1) is 0 Å². The molecule has 5 heteroatoms. The van der Waals surface area contributed by atoms with E-state index >= 15 is 0 Å². The van der Waals surface area contributed by atoms with E-state index < -0.39 is 0 Å². The molecule has 2 aromatic rings. The zero-order valence-corrected chi connectivity index (χ0v) is 8.23. The fourth-order valence-corrected chi connectivity index (χ4v) is 1.66. The van der Waals surface area contributed by atoms with Crippen LogP contribution in [-0.4, -0.2) is 9.38 Å². The molecule has 0 N–H and O–H groups in total. The van der Waals surface area contributed by atoms with E-state index in [1.54, 1.807) is 12.4 Å². The molecule has 0 atom stereocenters. The van der Waals surface area contributed by atoms with Gasteiger partial charge in [-0.25, -0.2) is 4.98 Å². The van der Waals surface area contributed by atoms with Gasteiger partial charge >= 0.3 is 0 Å². The van der Waals surface area contributed by atoms with Crippen molar-refractivity contribution in [1.82, 2.24) is 9.38 Å². The molecule has 0 aromatic carbocycles. The van der Waals surface area contributed by atoms with Crippen molar-refractivity contribution >= 4 is 21.6 Å². The number of halogens is 1. The highest BCUT2D eigenvalue weighted by Gasteiger charge is 2.03. The highest BCUT2D eigenvalue weighted by molar-refractivity contribution is 9.10. The smallest absolute Gasteiger partial charge is 0.151 e. The van der Waals surface area contributed by atoms with Gasteiger partial charge in [-0.05, 0) is 28.1 Å². The Bertz CT molecular complexity index is 452. The number of hydrogen-bond donors (Lipinski definition) is 0. The first-order valence-corrected chi connectivity index (χ1v) is 4.52. The summed E-state index contributed by atoms with van der Waals surface area (Å²) in [7, 11) is 0. The summed E-state index contributed by atoms with van der Waals surface area (Å²) >= 11 is 3.37. The molecule has 0 radical (unpaired) electrons. The number of imidazole rings is 1. The maximum atomic E-state index is 10.1. The molecular formula is C8H6BrN3O. The predicted octanol–water partition coefficient (Wildman–Crippen LogP) is 2.36. The number of nitroso groups, excluding NO2 is 1. The Hall–Kier alpha value is -1.23. The molecule has 0 bridgehead atoms. The second-order valence-electron chi connectivity index (χ2n) is 2.58. The Balaban J connectivity index is 2.70. The number of fused-ring (bicyclic) bond motifs is 1. The Morgan fingerprint density at radius 1 is 1.54 bits per heavy atom. The molecule has 2 heterocycles. The standard InChI is InChI=1S/C8H6BrN3O/c9-7-2-1-6(5-11-13)12-4-3-10-8(7)12/h1-4H,5H2. The van der Waals surface area contributed by atoms with E-state index in [2.05, 4.69) is 26.1 Å². The Morgan fingerprint density at radius 3 is 3.15 bits per heavy atom. The largest absolute Gasteiger partial charge is 0.301 e. The molecule has 0 aliphatic carbocycles. The number of rotatable bonds is 2. The van der Waals surface area contributed by atoms with Crippen LogP contribution in [0.4, 0.5) is 0 Å². The van der Waals surface area contributed by atoms with Crippen LogP contribution in [0.15, 0.2) is 34.2 Å². The van der Waals surface area contributed by atoms with Crippen LogP contribution in [0.2, 0.25) is 0 Å². The van der Waals surface area contributed by atoms with Gasteiger partial charge in [0.15, 0.2) is 5.65 Å². The first-order chi connectivity index (χ1) is 6.33. The average molecular weight is 240 g/mol. The summed E-state index contributed by atoms with van der Waals surface area (Å²) < 4.78 is 2.75. The van der Waals surface area contributed by atoms with E-state index in [4.69, 9.17) is 0 Å². The lowest BCUT2D eigenvalue weighted by molar-refractivity contribution is 0.937. The van der Waals surface area contributed by atoms with Crippen molar-refractivity contribution in [2.24, 2.45) is 5.18 Å². The Morgan fingerprint density at radius 2 is 2.38 bits per heavy atom. The van der Waals surface area contributed by atoms with Gasteiger partial charge in [0.1, 0.15) is 6.54 Å². The zero-order chi connectivity index (χ0) is 9.26. The minimum Gasteiger partial charge on any atom is -0.301 e. The third kappa shape index (κ3) is 1.35. The van der Waals surface area contributed by atoms with Gasteiger partial charge in [0.25, 0.3) is 0 Å². The molecule has 0 amide bonds. The second-order valence-corrected chi connectivity index (χ2v) is 3.44. The van der Waals surface area contributed by atoms with Crippen molar-refractivity contribution in [3.63, 3.8) is 0 Å². The quantitative estimate of drug-likeness (QED) is 0.756. The molecule has 0 saturated carbocycles. The first kappa shape index (κ1) is 8.37. The topological polar surface area (TPSA) is 46.7 Å². The lowest BCUT2D eigenvalue weighted by Crippen LogP contribution is -1.94. The van der Waals surface area contributed by atoms with Crippen molar-refractivity contribution in [1.29, 1.82) is 0 Å². The molecule has 2 rings (SSSR count). The van der Waals surface area contributed by atoms with Gasteiger partial charge in [0.2, 0.25) is 0 Å². The molecule has 4 nitrogen and oxygen atoms in total. The molecule has 0 saturated heterocycles. The normalized spacial score (nSPS) is 10.5. The van der Waals surface area contributed by atoms with E-state index in [1.807, 2.05) is 16.5 Å². The van der Waals surface area contributed by atoms with E-state index in [1.165, 1.54) is 0 Å². The fraction of sp³-hybridized carbons (Fsp3) is 0.125. The zero-order valence-electron chi connectivity index (χ0n) is 6.64. The minimum absolute atomic E-state index is 0.167. The maximum Gasteiger partial charge on any atom is 0.151 e. The summed E-state index contributed by atoms with van der Waals surface area (Å²) in [5.41, 5.74) is 1.65. The molecule has 2 aromatic heterocycles. The third-order valence-electron chi connectivity index (χ3n) is 1.81. The maximum absolute atomic E-state index is 10.1. The van der Waals surface area contributed by atoms with E-state index in [0.717, 1.165) is 15.8 Å². The van der Waals surface area contributed by atoms with Gasteiger partial charge in [0, 0.05) is 18.1 Å². The summed E-state index contributed by atoms with van der Waals surface area (Å²) in [5, 5.41) is 2.85. The van der Waals surface area contributed by atoms with Gasteiger partial charge < -0.3 is 4.40 Å². The summed E-state index contributed by atoms with van der Waals surface area (Å²) in [5.74, 6) is 0. The minimum atomic E-state index is 0.167. The molecule has 0 aliphatic heterocycles. The number of nitrogens with zero attached hydrogens (tertiary/aromatic N) is 3. The molecule has 13 heavy (non-hydrogen) atoms. The van der Waals surface area contributed by atoms with Gasteiger partial charge in [-0.2, -0.15) is 4.91 Å². The molecule has 0 fully saturated rings. The van der Waals surface area contributed by atoms with Crippen molar-refractivity contribution < 1.29 is 0 Å². The highest BCUT2D eigenvalue weighted by atomic mass is 79.9. The van der Waals surface area contributed by atoms with E-state index in [9.17, 15) is 4.91 Å². The van der Waals surface area contributed by atoms with Crippen LogP contribution in [0.5, 0.6) is 0 Å². The SMILES string of the molecule is O=NCc1ccc(Br)c2nccn12. The van der Waals surface area contributed by atoms with E-state index in [0.29, 0.717) is 0 Å². The highest BCUT2D eigenvalue weighted by Crippen LogP contribution is 2.18. The van der Waals surface area contributed by atoms with Crippen molar-refractivity contribution in [2.75, 3.05) is 0 Å². The van der Waals surface area contributed by atoms with Gasteiger partial charge in [-0.3, -0.25) is 0 Å². The van der Waals surface area contributed by atoms with Gasteiger partial charge in [-0.1, -0.05) is 5.18 Å². The summed E-state index contributed by atoms with van der Waals surface area (Å²) in [4.78, 5) is 14.3. The van der Waals surface area contributed by atoms with Gasteiger partial charge in [0.05, 0.1) is 4.47 Å². The van der Waals surface area contributed by atoms with Crippen LogP contribution in [0.3, 0.4) is 0 Å². The number of aromatic nitrogens is 2. The third-order valence-corrected chi connectivity index (χ3v) is 2.43. The van der Waals surface area contributed by atoms with Crippen LogP contribution in [0.25, 0.3) is 5.65 Å². The van der Waals surface area contributed by atoms with Crippen LogP contribution in [-0.2, 0) is 6.54 Å². The van der Waals surface area contributed by atoms with Crippen molar-refractivity contribution in [3.8, 4) is 0 Å². The second kappa shape index (κ2) is 3.26. The predicted molar refractivity (Wildman–Crippen MR) is 52.4 cm³/mol. The summed E-state index contributed by atoms with van der Waals surface area (Å²) in [6.07, 6.45) is 3.50. The average Bonchev–Trinajstić information content (AvgIpc) is 2.59. The molecule has 0 spiro atoms. The lowest BCUT2D eigenvalue weighted by atomic mass is 10.3. The molecule has 66 valence electrons. The van der Waals surface area contributed by atoms with Crippen molar-refractivity contribution in [2.45, 2.75) is 6.54 Å². The van der Waals surface area contributed by atoms with Crippen molar-refractivity contribution in [3.05, 3.63) is 39.6 Å². The van der Waals surface area contributed by atoms with E-state index in [-0.39, 0.29) is 6.54 Å². The molecular weight excluding hydrogens is 234 g/mol. The Labute approximate surface area is 82.7 Å². The molecule has 0 aliphatic rings. The van der Waals surface area contributed by atoms with Crippen LogP contribution in [0, 0.1) is 4.91 Å². The number of pyridine rings is 1. The first-order valence-electron chi connectivity index (χ1n) is 3.72. The summed E-state index contributed by atoms with van der Waals surface area (Å²) in [6, 6.07) is 3.71. The molecule has 0 unspecified atom stereocenters. The van der Waals surface area contributed by atoms with Crippen LogP contribution < -0.4 is 0 Å². The lowest BCUT2D eigenvalue weighted by Gasteiger charge is -2.01. The Kier molecular flexibility index (Phi) is 2.10. The fourth-order valence-electron chi connectivity index (χ4n) is 1.23. The number of hydrogen-bond acceptors (Lipinski definition) is 3. The monoisotopic (exact) mass is 239 g/mol. The summed E-state index contributed by atoms with van der Waals surface area (Å²) in [6.45, 7) is 0.167.